The zero-order valence-electron chi connectivity index (χ0n) is 96.8. The first kappa shape index (κ1) is 139. The maximum Gasteiger partial charge on any atom is 0.0667 e. The Hall–Kier alpha value is -0.800. The van der Waals surface area contributed by atoms with Crippen LogP contribution in [0.3, 0.4) is 0 Å². The zero-order chi connectivity index (χ0) is 104. The number of nitrogens with zero attached hydrogens (tertiary/aromatic N) is 10. The van der Waals surface area contributed by atoms with Crippen molar-refractivity contribution in [2.24, 2.45) is 0 Å². The molecule has 0 spiro atoms. The minimum absolute atomic E-state index is 0.231. The highest BCUT2D eigenvalue weighted by Gasteiger charge is 2.27. The van der Waals surface area contributed by atoms with Crippen LogP contribution in [0.5, 0.6) is 0 Å². The molecule has 2 aliphatic rings. The molecule has 2 rings (SSSR count). The highest BCUT2D eigenvalue weighted by Crippen LogP contribution is 2.23. The minimum atomic E-state index is -0.476. The fourth-order valence-electron chi connectivity index (χ4n) is 21.8. The average Bonchev–Trinajstić information content (AvgIpc) is 0.889. The Bertz CT molecular complexity index is 2430. The highest BCUT2D eigenvalue weighted by atomic mass is 16.3. The van der Waals surface area contributed by atoms with Crippen LogP contribution in [0, 0.1) is 0 Å². The van der Waals surface area contributed by atoms with Crippen molar-refractivity contribution in [3.63, 3.8) is 0 Å². The van der Waals surface area contributed by atoms with Crippen LogP contribution in [0.15, 0.2) is 0 Å². The molecular formula is C122H254N10O10. The van der Waals surface area contributed by atoms with Gasteiger partial charge in [0.1, 0.15) is 0 Å². The first-order chi connectivity index (χ1) is 69.2. The van der Waals surface area contributed by atoms with Crippen LogP contribution in [-0.4, -0.2) is 357 Å². The molecule has 0 aromatic rings. The van der Waals surface area contributed by atoms with Crippen LogP contribution in [-0.2, 0) is 0 Å². The summed E-state index contributed by atoms with van der Waals surface area (Å²) >= 11 is 0. The number of β-amino-alcohol motifs (C(OH)–C–C–N with tert-alkyl or cyclic N) is 1. The first-order valence-corrected chi connectivity index (χ1v) is 63.2. The molecule has 0 bridgehead atoms. The molecule has 2 saturated heterocycles. The fourth-order valence-corrected chi connectivity index (χ4v) is 21.8. The zero-order valence-corrected chi connectivity index (χ0v) is 96.8. The lowest BCUT2D eigenvalue weighted by Crippen LogP contribution is -2.51. The predicted molar refractivity (Wildman–Crippen MR) is 614 cm³/mol. The molecule has 142 heavy (non-hydrogen) atoms. The first-order valence-electron chi connectivity index (χ1n) is 63.2. The van der Waals surface area contributed by atoms with Gasteiger partial charge in [0.15, 0.2) is 0 Å². The van der Waals surface area contributed by atoms with Crippen LogP contribution < -0.4 is 0 Å². The van der Waals surface area contributed by atoms with Gasteiger partial charge in [-0.05, 0) is 65.2 Å². The average molecular weight is 2020 g/mol. The van der Waals surface area contributed by atoms with Crippen molar-refractivity contribution in [2.45, 2.75) is 593 Å². The molecule has 10 N–H and O–H groups in total. The third kappa shape index (κ3) is 92.9. The van der Waals surface area contributed by atoms with E-state index in [1.54, 1.807) is 0 Å². The molecule has 2 aliphatic heterocycles. The van der Waals surface area contributed by atoms with Crippen molar-refractivity contribution in [3.05, 3.63) is 0 Å². The van der Waals surface area contributed by atoms with Gasteiger partial charge < -0.3 is 51.1 Å². The second kappa shape index (κ2) is 105. The van der Waals surface area contributed by atoms with Crippen molar-refractivity contribution in [3.8, 4) is 0 Å². The van der Waals surface area contributed by atoms with Crippen LogP contribution in [0.2, 0.25) is 0 Å². The second-order valence-corrected chi connectivity index (χ2v) is 46.0. The summed E-state index contributed by atoms with van der Waals surface area (Å²) in [5, 5.41) is 111. The third-order valence-electron chi connectivity index (χ3n) is 31.2. The van der Waals surface area contributed by atoms with E-state index in [1.807, 2.05) is 13.8 Å². The van der Waals surface area contributed by atoms with Crippen molar-refractivity contribution < 1.29 is 51.1 Å². The van der Waals surface area contributed by atoms with Crippen LogP contribution >= 0.6 is 0 Å². The quantitative estimate of drug-likeness (QED) is 0.0255. The second-order valence-electron chi connectivity index (χ2n) is 46.0. The number of rotatable bonds is 110. The summed E-state index contributed by atoms with van der Waals surface area (Å²) in [5.74, 6) is 0. The van der Waals surface area contributed by atoms with Crippen molar-refractivity contribution in [2.75, 3.05) is 196 Å². The molecule has 0 radical (unpaired) electrons. The van der Waals surface area contributed by atoms with Gasteiger partial charge in [-0.15, -0.1) is 0 Å². The Morgan fingerprint density at radius 3 is 0.472 bits per heavy atom. The van der Waals surface area contributed by atoms with Gasteiger partial charge in [-0.3, -0.25) is 49.0 Å². The lowest BCUT2D eigenvalue weighted by molar-refractivity contribution is 0.0447. The van der Waals surface area contributed by atoms with Gasteiger partial charge in [-0.25, -0.2) is 0 Å². The molecule has 0 aromatic heterocycles. The number of aliphatic hydroxyl groups is 10. The molecule has 0 aromatic carbocycles. The van der Waals surface area contributed by atoms with E-state index in [4.69, 9.17) is 0 Å². The van der Waals surface area contributed by atoms with Gasteiger partial charge in [0.05, 0.1) is 61.0 Å². The number of piperazine rings is 2. The van der Waals surface area contributed by atoms with E-state index in [0.29, 0.717) is 58.9 Å². The lowest BCUT2D eigenvalue weighted by Gasteiger charge is -2.37. The SMILES string of the molecule is CCCCCCCCCCC(O)CN(CCN1CCN(CCN(CC(O)CCCCCCCCCC)CC(O)CCCCCCCCCC)CC1)CCN(CC(C)O)CC(O)CCCCCCCCCC.CCCCCCCCCCC(O)CN1CCN(CCN(CCN(CCN(CC(C)O)CC(O)CCCCCCCCCC)CC(O)CCCCCCCCCC)CC(O)CCCCCCCCCC)CC1. The molecule has 20 heteroatoms. The molecule has 2 heterocycles. The van der Waals surface area contributed by atoms with Gasteiger partial charge in [0, 0.05) is 196 Å². The Kier molecular flexibility index (Phi) is 102. The lowest BCUT2D eigenvalue weighted by atomic mass is 10.0. The fraction of sp³-hybridized carbons (Fsp3) is 1.00. The Morgan fingerprint density at radius 1 is 0.155 bits per heavy atom. The molecule has 0 saturated carbocycles. The summed E-state index contributed by atoms with van der Waals surface area (Å²) in [7, 11) is 0. The Labute approximate surface area is 883 Å². The number of aliphatic hydroxyl groups excluding tert-OH is 10. The number of unbranched alkanes of at least 4 members (excludes halogenated alkanes) is 56. The maximum atomic E-state index is 11.5. The molecule has 2 fully saturated rings. The predicted octanol–water partition coefficient (Wildman–Crippen LogP) is 24.9. The molecule has 10 unspecified atom stereocenters. The Morgan fingerprint density at radius 2 is 0.289 bits per heavy atom. The smallest absolute Gasteiger partial charge is 0.0667 e. The maximum absolute atomic E-state index is 11.5. The normalized spacial score (nSPS) is 16.2. The summed E-state index contributed by atoms with van der Waals surface area (Å²) in [6.45, 7) is 46.6. The van der Waals surface area contributed by atoms with Crippen LogP contribution in [0.25, 0.3) is 0 Å². The summed E-state index contributed by atoms with van der Waals surface area (Å²) in [6.07, 6.45) is 84.4. The summed E-state index contributed by atoms with van der Waals surface area (Å²) in [6, 6.07) is 0. The minimum Gasteiger partial charge on any atom is -0.392 e. The van der Waals surface area contributed by atoms with Crippen molar-refractivity contribution in [1.29, 1.82) is 0 Å². The monoisotopic (exact) mass is 2020 g/mol. The molecule has 0 aliphatic carbocycles. The van der Waals surface area contributed by atoms with Gasteiger partial charge in [-0.1, -0.05) is 466 Å². The highest BCUT2D eigenvalue weighted by molar-refractivity contribution is 4.83. The van der Waals surface area contributed by atoms with E-state index in [-0.39, 0.29) is 42.7 Å². The van der Waals surface area contributed by atoms with Gasteiger partial charge >= 0.3 is 0 Å². The molecule has 852 valence electrons. The van der Waals surface area contributed by atoms with E-state index in [9.17, 15) is 51.1 Å². The number of hydrogen-bond donors (Lipinski definition) is 10. The number of hydrogen-bond acceptors (Lipinski definition) is 20. The van der Waals surface area contributed by atoms with E-state index in [0.717, 1.165) is 240 Å². The summed E-state index contributed by atoms with van der Waals surface area (Å²) in [5.41, 5.74) is 0. The van der Waals surface area contributed by atoms with Gasteiger partial charge in [0.25, 0.3) is 0 Å². The molecular weight excluding hydrogens is 1770 g/mol. The van der Waals surface area contributed by atoms with E-state index in [2.05, 4.69) is 104 Å². The van der Waals surface area contributed by atoms with E-state index in [1.165, 1.54) is 360 Å². The van der Waals surface area contributed by atoms with Crippen LogP contribution in [0.1, 0.15) is 532 Å². The Balaban J connectivity index is 0.00000142. The van der Waals surface area contributed by atoms with Crippen LogP contribution in [0.4, 0.5) is 0 Å². The summed E-state index contributed by atoms with van der Waals surface area (Å²) < 4.78 is 0. The largest absolute Gasteiger partial charge is 0.392 e. The topological polar surface area (TPSA) is 235 Å². The van der Waals surface area contributed by atoms with Gasteiger partial charge in [0.2, 0.25) is 0 Å². The van der Waals surface area contributed by atoms with Crippen molar-refractivity contribution >= 4 is 0 Å². The molecule has 0 amide bonds. The van der Waals surface area contributed by atoms with E-state index >= 15 is 0 Å². The van der Waals surface area contributed by atoms with Gasteiger partial charge in [-0.2, -0.15) is 0 Å². The van der Waals surface area contributed by atoms with Crippen molar-refractivity contribution in [1.82, 2.24) is 49.0 Å². The standard InChI is InChI=1S/2C61H127N5O5/c1-6-10-14-18-22-26-30-34-38-58(68)53-63-45-42-62(43-46-63)44-47-64(54-59(69)39-35-31-27-23-19-15-11-7-2)48-49-65(55-60(70)40-36-32-28-24-20-16-12-8-3)50-51-66(52-57(5)67)56-61(71)41-37-33-29-25-21-17-13-9-4;1-6-10-14-18-22-26-30-34-38-58(68)53-64(49-51-65(52-57(5)67)54-59(69)39-35-31-27-23-19-15-11-7-2)48-46-62-42-44-63(45-43-62)47-50-66(55-60(70)40-36-32-28-24-20-16-12-8-3)56-61(71)41-37-33-29-25-21-17-13-9-4/h2*57-61,67-71H,6-56H2,1-5H3. The van der Waals surface area contributed by atoms with E-state index < -0.39 is 18.3 Å². The molecule has 20 nitrogen and oxygen atoms in total. The third-order valence-corrected chi connectivity index (χ3v) is 31.2. The molecule has 10 atom stereocenters. The summed E-state index contributed by atoms with van der Waals surface area (Å²) in [4.78, 5) is 24.5.